The fourth-order valence-electron chi connectivity index (χ4n) is 7.33. The lowest BCUT2D eigenvalue weighted by Crippen LogP contribution is -2.58. The van der Waals surface area contributed by atoms with E-state index in [9.17, 15) is 9.59 Å². The van der Waals surface area contributed by atoms with Crippen LogP contribution < -0.4 is 5.32 Å². The van der Waals surface area contributed by atoms with E-state index in [0.717, 1.165) is 41.1 Å². The van der Waals surface area contributed by atoms with E-state index in [0.29, 0.717) is 11.8 Å². The maximum absolute atomic E-state index is 12.5. The number of carbonyl (C=O) groups excluding carboxylic acids is 2. The van der Waals surface area contributed by atoms with Crippen molar-refractivity contribution in [3.05, 3.63) is 35.9 Å². The van der Waals surface area contributed by atoms with Crippen molar-refractivity contribution in [1.29, 1.82) is 0 Å². The Morgan fingerprint density at radius 1 is 0.920 bits per heavy atom. The van der Waals surface area contributed by atoms with Gasteiger partial charge in [-0.3, -0.25) is 4.79 Å². The van der Waals surface area contributed by atoms with Gasteiger partial charge < -0.3 is 14.8 Å². The highest BCUT2D eigenvalue weighted by atomic mass is 16.5. The molecule has 25 heavy (non-hydrogen) atoms. The Balaban J connectivity index is 1.19. The Morgan fingerprint density at radius 2 is 1.52 bits per heavy atom. The molecular formula is C20H21NO4. The second kappa shape index (κ2) is 4.57. The van der Waals surface area contributed by atoms with Crippen molar-refractivity contribution in [2.75, 3.05) is 7.11 Å². The molecule has 6 fully saturated rings. The van der Waals surface area contributed by atoms with Gasteiger partial charge in [-0.1, -0.05) is 30.3 Å². The van der Waals surface area contributed by atoms with E-state index in [1.165, 1.54) is 7.11 Å². The average molecular weight is 339 g/mol. The first-order valence-corrected chi connectivity index (χ1v) is 9.27. The summed E-state index contributed by atoms with van der Waals surface area (Å²) < 4.78 is 10.5. The van der Waals surface area contributed by atoms with Crippen LogP contribution in [-0.2, 0) is 20.9 Å². The van der Waals surface area contributed by atoms with Gasteiger partial charge in [0, 0.05) is 6.04 Å². The molecule has 130 valence electrons. The highest BCUT2D eigenvalue weighted by Crippen LogP contribution is 2.92. The second-order valence-corrected chi connectivity index (χ2v) is 8.40. The van der Waals surface area contributed by atoms with E-state index in [1.54, 1.807) is 0 Å². The number of amides is 1. The van der Waals surface area contributed by atoms with Gasteiger partial charge in [0.2, 0.25) is 0 Å². The van der Waals surface area contributed by atoms with Crippen LogP contribution in [0.25, 0.3) is 0 Å². The first-order chi connectivity index (χ1) is 12.2. The molecule has 6 unspecified atom stereocenters. The molecule has 1 N–H and O–H groups in total. The predicted molar refractivity (Wildman–Crippen MR) is 87.0 cm³/mol. The molecule has 2 bridgehead atoms. The minimum absolute atomic E-state index is 0.110. The molecule has 7 rings (SSSR count). The number of benzene rings is 1. The van der Waals surface area contributed by atoms with Crippen LogP contribution in [0, 0.1) is 53.3 Å². The number of carbonyl (C=O) groups is 2. The minimum atomic E-state index is -0.417. The van der Waals surface area contributed by atoms with E-state index in [2.05, 4.69) is 5.32 Å². The second-order valence-electron chi connectivity index (χ2n) is 8.40. The van der Waals surface area contributed by atoms with Crippen LogP contribution in [0.2, 0.25) is 0 Å². The summed E-state index contributed by atoms with van der Waals surface area (Å²) in [4.78, 5) is 24.8. The molecule has 6 saturated carbocycles. The van der Waals surface area contributed by atoms with Crippen molar-refractivity contribution in [2.24, 2.45) is 53.3 Å². The van der Waals surface area contributed by atoms with Crippen molar-refractivity contribution in [3.8, 4) is 0 Å². The number of hydrogen-bond donors (Lipinski definition) is 1. The number of rotatable bonds is 4. The molecule has 1 amide bonds. The summed E-state index contributed by atoms with van der Waals surface area (Å²) in [6.45, 7) is 0.250. The Hall–Kier alpha value is -2.04. The van der Waals surface area contributed by atoms with Crippen LogP contribution >= 0.6 is 0 Å². The Bertz CT molecular complexity index is 742. The zero-order valence-electron chi connectivity index (χ0n) is 14.0. The molecule has 6 aliphatic carbocycles. The van der Waals surface area contributed by atoms with Gasteiger partial charge in [-0.15, -0.1) is 0 Å². The van der Waals surface area contributed by atoms with Crippen LogP contribution in [0.3, 0.4) is 0 Å². The molecule has 8 atom stereocenters. The fourth-order valence-corrected chi connectivity index (χ4v) is 7.33. The van der Waals surface area contributed by atoms with Crippen LogP contribution in [0.15, 0.2) is 30.3 Å². The number of nitrogens with one attached hydrogen (secondary N) is 1. The predicted octanol–water partition coefficient (Wildman–Crippen LogP) is 2.07. The zero-order valence-corrected chi connectivity index (χ0v) is 14.0. The van der Waals surface area contributed by atoms with Crippen LogP contribution in [0.5, 0.6) is 0 Å². The molecule has 5 nitrogen and oxygen atoms in total. The minimum Gasteiger partial charge on any atom is -0.469 e. The Labute approximate surface area is 146 Å². The van der Waals surface area contributed by atoms with Crippen LogP contribution in [0.4, 0.5) is 4.79 Å². The van der Waals surface area contributed by atoms with Gasteiger partial charge in [0.05, 0.1) is 13.0 Å². The third kappa shape index (κ3) is 1.64. The fraction of sp³-hybridized carbons (Fsp3) is 0.600. The zero-order chi connectivity index (χ0) is 16.9. The summed E-state index contributed by atoms with van der Waals surface area (Å²) in [5.74, 6) is 5.17. The standard InChI is InChI=1S/C20H21NO4/c1-24-19(22)17-15-11-9-10-12(15)14(10)16(13(9)11)18(17)21-20(23)25-7-8-5-3-2-4-6-8/h2-6,9-18H,7H2,1H3,(H,21,23)/t9?,10?,11?,12?,13?,14?,15?,16?,17-,18-/m1/s1. The molecule has 1 aromatic rings. The first-order valence-electron chi connectivity index (χ1n) is 9.27. The third-order valence-electron chi connectivity index (χ3n) is 7.79. The van der Waals surface area contributed by atoms with Crippen molar-refractivity contribution in [3.63, 3.8) is 0 Å². The molecule has 5 heteroatoms. The van der Waals surface area contributed by atoms with Gasteiger partial charge >= 0.3 is 12.1 Å². The Kier molecular flexibility index (Phi) is 2.59. The van der Waals surface area contributed by atoms with Gasteiger partial charge in [-0.2, -0.15) is 0 Å². The van der Waals surface area contributed by atoms with Crippen LogP contribution in [-0.4, -0.2) is 25.2 Å². The number of ether oxygens (including phenoxy) is 2. The SMILES string of the molecule is COC(=O)[C@@H]1C2C3C4C5C(C52)C(C43)[C@H]1NC(=O)OCc1ccccc1. The summed E-state index contributed by atoms with van der Waals surface area (Å²) in [5, 5.41) is 3.05. The number of esters is 1. The molecule has 0 radical (unpaired) electrons. The lowest BCUT2D eigenvalue weighted by molar-refractivity contribution is -0.154. The normalized spacial score (nSPS) is 48.7. The molecular weight excluding hydrogens is 318 g/mol. The molecule has 6 aliphatic rings. The van der Waals surface area contributed by atoms with Gasteiger partial charge in [0.1, 0.15) is 6.61 Å². The van der Waals surface area contributed by atoms with Crippen molar-refractivity contribution in [2.45, 2.75) is 12.6 Å². The van der Waals surface area contributed by atoms with Gasteiger partial charge in [-0.25, -0.2) is 4.79 Å². The number of alkyl carbamates (subject to hydrolysis) is 1. The maximum atomic E-state index is 12.5. The smallest absolute Gasteiger partial charge is 0.407 e. The monoisotopic (exact) mass is 339 g/mol. The van der Waals surface area contributed by atoms with E-state index in [-0.39, 0.29) is 24.5 Å². The highest BCUT2D eigenvalue weighted by Gasteiger charge is 2.91. The molecule has 0 aliphatic heterocycles. The number of fused-ring (bicyclic) bond motifs is 1. The first kappa shape index (κ1) is 14.2. The number of methoxy groups -OCH3 is 1. The topological polar surface area (TPSA) is 64.6 Å². The summed E-state index contributed by atoms with van der Waals surface area (Å²) in [6.07, 6.45) is -0.417. The summed E-state index contributed by atoms with van der Waals surface area (Å²) in [6, 6.07) is 9.53. The van der Waals surface area contributed by atoms with Crippen LogP contribution in [0.1, 0.15) is 5.56 Å². The van der Waals surface area contributed by atoms with E-state index < -0.39 is 6.09 Å². The van der Waals surface area contributed by atoms with Crippen molar-refractivity contribution in [1.82, 2.24) is 5.32 Å². The lowest BCUT2D eigenvalue weighted by atomic mass is 9.61. The molecule has 0 saturated heterocycles. The van der Waals surface area contributed by atoms with Gasteiger partial charge in [-0.05, 0) is 52.9 Å². The van der Waals surface area contributed by atoms with Crippen molar-refractivity contribution >= 4 is 12.1 Å². The maximum Gasteiger partial charge on any atom is 0.407 e. The average Bonchev–Trinajstić information content (AvgIpc) is 3.49. The molecule has 0 spiro atoms. The highest BCUT2D eigenvalue weighted by molar-refractivity contribution is 5.77. The van der Waals surface area contributed by atoms with E-state index >= 15 is 0 Å². The Morgan fingerprint density at radius 3 is 2.16 bits per heavy atom. The summed E-state index contributed by atoms with van der Waals surface area (Å²) in [7, 11) is 1.46. The number of hydrogen-bond acceptors (Lipinski definition) is 4. The quantitative estimate of drug-likeness (QED) is 0.853. The third-order valence-corrected chi connectivity index (χ3v) is 7.79. The molecule has 1 aromatic carbocycles. The van der Waals surface area contributed by atoms with Crippen molar-refractivity contribution < 1.29 is 19.1 Å². The van der Waals surface area contributed by atoms with E-state index in [1.807, 2.05) is 30.3 Å². The molecule has 0 aromatic heterocycles. The van der Waals surface area contributed by atoms with Gasteiger partial charge in [0.15, 0.2) is 0 Å². The summed E-state index contributed by atoms with van der Waals surface area (Å²) >= 11 is 0. The molecule has 0 heterocycles. The summed E-state index contributed by atoms with van der Waals surface area (Å²) in [5.41, 5.74) is 0.960. The van der Waals surface area contributed by atoms with E-state index in [4.69, 9.17) is 9.47 Å². The largest absolute Gasteiger partial charge is 0.469 e. The van der Waals surface area contributed by atoms with Gasteiger partial charge in [0.25, 0.3) is 0 Å². The lowest BCUT2D eigenvalue weighted by Gasteiger charge is -2.46.